The van der Waals surface area contributed by atoms with Crippen LogP contribution in [-0.2, 0) is 4.74 Å². The number of carbonyl (C=O) groups is 1. The molecule has 1 aromatic heterocycles. The van der Waals surface area contributed by atoms with Gasteiger partial charge in [-0.2, -0.15) is 0 Å². The van der Waals surface area contributed by atoms with Crippen molar-refractivity contribution in [3.05, 3.63) is 48.8 Å². The first-order chi connectivity index (χ1) is 12.9. The highest BCUT2D eigenvalue weighted by atomic mass is 16.6. The Kier molecular flexibility index (Phi) is 5.84. The molecule has 3 rings (SSSR count). The van der Waals surface area contributed by atoms with E-state index in [2.05, 4.69) is 15.2 Å². The van der Waals surface area contributed by atoms with E-state index >= 15 is 0 Å². The lowest BCUT2D eigenvalue weighted by atomic mass is 10.1. The Labute approximate surface area is 160 Å². The standard InChI is InChI=1S/C21H27N3O3/c1-21(2,3)27-20(25)23-16-4-6-18(7-5-16)26-19-10-14-24(15-11-19)17-8-12-22-13-9-17/h4-9,12-13,19H,10-11,14-15H2,1-3H3,(H,23,25). The molecule has 144 valence electrons. The van der Waals surface area contributed by atoms with Gasteiger partial charge in [0.1, 0.15) is 17.5 Å². The summed E-state index contributed by atoms with van der Waals surface area (Å²) in [4.78, 5) is 18.2. The van der Waals surface area contributed by atoms with Crippen LogP contribution in [0.25, 0.3) is 0 Å². The van der Waals surface area contributed by atoms with E-state index in [1.807, 2.05) is 69.6 Å². The summed E-state index contributed by atoms with van der Waals surface area (Å²) >= 11 is 0. The molecule has 1 saturated heterocycles. The van der Waals surface area contributed by atoms with Gasteiger partial charge in [0.05, 0.1) is 0 Å². The topological polar surface area (TPSA) is 63.7 Å². The van der Waals surface area contributed by atoms with Gasteiger partial charge in [0.2, 0.25) is 0 Å². The lowest BCUT2D eigenvalue weighted by Crippen LogP contribution is -2.38. The summed E-state index contributed by atoms with van der Waals surface area (Å²) in [6.07, 6.45) is 5.34. The monoisotopic (exact) mass is 369 g/mol. The summed E-state index contributed by atoms with van der Waals surface area (Å²) in [5.74, 6) is 0.812. The van der Waals surface area contributed by atoms with Crippen molar-refractivity contribution in [3.63, 3.8) is 0 Å². The quantitative estimate of drug-likeness (QED) is 0.861. The predicted molar refractivity (Wildman–Crippen MR) is 106 cm³/mol. The van der Waals surface area contributed by atoms with Crippen molar-refractivity contribution < 1.29 is 14.3 Å². The van der Waals surface area contributed by atoms with Crippen molar-refractivity contribution in [2.75, 3.05) is 23.3 Å². The zero-order chi connectivity index (χ0) is 19.3. The molecule has 0 atom stereocenters. The van der Waals surface area contributed by atoms with E-state index < -0.39 is 11.7 Å². The van der Waals surface area contributed by atoms with Crippen LogP contribution in [0.5, 0.6) is 5.75 Å². The minimum Gasteiger partial charge on any atom is -0.490 e. The number of hydrogen-bond acceptors (Lipinski definition) is 5. The van der Waals surface area contributed by atoms with E-state index in [4.69, 9.17) is 9.47 Å². The van der Waals surface area contributed by atoms with Crippen molar-refractivity contribution in [3.8, 4) is 5.75 Å². The van der Waals surface area contributed by atoms with Crippen molar-refractivity contribution in [2.45, 2.75) is 45.3 Å². The molecule has 2 aromatic rings. The smallest absolute Gasteiger partial charge is 0.412 e. The van der Waals surface area contributed by atoms with Gasteiger partial charge >= 0.3 is 6.09 Å². The number of nitrogens with zero attached hydrogens (tertiary/aromatic N) is 2. The van der Waals surface area contributed by atoms with Gasteiger partial charge in [-0.05, 0) is 57.2 Å². The van der Waals surface area contributed by atoms with Crippen LogP contribution in [0.3, 0.4) is 0 Å². The van der Waals surface area contributed by atoms with Crippen molar-refractivity contribution >= 4 is 17.5 Å². The number of amides is 1. The van der Waals surface area contributed by atoms with Gasteiger partial charge in [-0.3, -0.25) is 10.3 Å². The number of piperidine rings is 1. The number of pyridine rings is 1. The third-order valence-corrected chi connectivity index (χ3v) is 4.27. The predicted octanol–water partition coefficient (Wildman–Crippen LogP) is 4.48. The number of hydrogen-bond donors (Lipinski definition) is 1. The third kappa shape index (κ3) is 5.88. The molecule has 1 N–H and O–H groups in total. The molecule has 0 spiro atoms. The summed E-state index contributed by atoms with van der Waals surface area (Å²) in [5.41, 5.74) is 1.38. The minimum atomic E-state index is -0.516. The fourth-order valence-electron chi connectivity index (χ4n) is 3.02. The molecular formula is C21H27N3O3. The molecule has 0 aliphatic carbocycles. The Balaban J connectivity index is 1.47. The highest BCUT2D eigenvalue weighted by molar-refractivity contribution is 5.84. The summed E-state index contributed by atoms with van der Waals surface area (Å²) in [6.45, 7) is 7.44. The Bertz CT molecular complexity index is 734. The van der Waals surface area contributed by atoms with E-state index in [9.17, 15) is 4.79 Å². The molecule has 1 aromatic carbocycles. The average molecular weight is 369 g/mol. The molecule has 2 heterocycles. The molecule has 1 aliphatic rings. The number of nitrogens with one attached hydrogen (secondary N) is 1. The molecule has 0 bridgehead atoms. The summed E-state index contributed by atoms with van der Waals surface area (Å²) < 4.78 is 11.3. The first-order valence-electron chi connectivity index (χ1n) is 9.31. The molecule has 1 amide bonds. The molecule has 0 unspecified atom stereocenters. The number of anilines is 2. The van der Waals surface area contributed by atoms with Gasteiger partial charge in [0, 0.05) is 49.7 Å². The van der Waals surface area contributed by atoms with Crippen molar-refractivity contribution in [1.29, 1.82) is 0 Å². The number of benzene rings is 1. The number of ether oxygens (including phenoxy) is 2. The van der Waals surface area contributed by atoms with Crippen LogP contribution < -0.4 is 15.0 Å². The summed E-state index contributed by atoms with van der Waals surface area (Å²) in [5, 5.41) is 2.72. The first-order valence-corrected chi connectivity index (χ1v) is 9.31. The Morgan fingerprint density at radius 3 is 2.30 bits per heavy atom. The molecule has 1 fully saturated rings. The second-order valence-corrected chi connectivity index (χ2v) is 7.66. The zero-order valence-electron chi connectivity index (χ0n) is 16.1. The highest BCUT2D eigenvalue weighted by Gasteiger charge is 2.21. The maximum atomic E-state index is 11.8. The van der Waals surface area contributed by atoms with E-state index in [0.717, 1.165) is 31.7 Å². The summed E-state index contributed by atoms with van der Waals surface area (Å²) in [7, 11) is 0. The maximum Gasteiger partial charge on any atom is 0.412 e. The zero-order valence-corrected chi connectivity index (χ0v) is 16.1. The van der Waals surface area contributed by atoms with Crippen LogP contribution in [0.15, 0.2) is 48.8 Å². The van der Waals surface area contributed by atoms with Crippen LogP contribution >= 0.6 is 0 Å². The third-order valence-electron chi connectivity index (χ3n) is 4.27. The van der Waals surface area contributed by atoms with Crippen LogP contribution in [0, 0.1) is 0 Å². The average Bonchev–Trinajstić information content (AvgIpc) is 2.63. The van der Waals surface area contributed by atoms with Gasteiger partial charge < -0.3 is 14.4 Å². The summed E-state index contributed by atoms with van der Waals surface area (Å²) in [6, 6.07) is 11.5. The Morgan fingerprint density at radius 2 is 1.70 bits per heavy atom. The van der Waals surface area contributed by atoms with E-state index in [0.29, 0.717) is 5.69 Å². The lowest BCUT2D eigenvalue weighted by molar-refractivity contribution is 0.0636. The molecule has 6 heteroatoms. The van der Waals surface area contributed by atoms with Crippen molar-refractivity contribution in [2.24, 2.45) is 0 Å². The van der Waals surface area contributed by atoms with Crippen LogP contribution in [-0.4, -0.2) is 35.9 Å². The van der Waals surface area contributed by atoms with Crippen LogP contribution in [0.1, 0.15) is 33.6 Å². The first kappa shape index (κ1) is 19.0. The molecule has 1 aliphatic heterocycles. The molecular weight excluding hydrogens is 342 g/mol. The normalized spacial score (nSPS) is 15.3. The molecule has 0 radical (unpaired) electrons. The number of carbonyl (C=O) groups excluding carboxylic acids is 1. The lowest BCUT2D eigenvalue weighted by Gasteiger charge is -2.33. The molecule has 6 nitrogen and oxygen atoms in total. The van der Waals surface area contributed by atoms with Crippen LogP contribution in [0.4, 0.5) is 16.2 Å². The second-order valence-electron chi connectivity index (χ2n) is 7.66. The maximum absolute atomic E-state index is 11.8. The molecule has 0 saturated carbocycles. The Morgan fingerprint density at radius 1 is 1.07 bits per heavy atom. The van der Waals surface area contributed by atoms with E-state index in [1.165, 1.54) is 5.69 Å². The number of aromatic nitrogens is 1. The fraction of sp³-hybridized carbons (Fsp3) is 0.429. The minimum absolute atomic E-state index is 0.202. The van der Waals surface area contributed by atoms with Gasteiger partial charge in [0.25, 0.3) is 0 Å². The highest BCUT2D eigenvalue weighted by Crippen LogP contribution is 2.24. The van der Waals surface area contributed by atoms with Gasteiger partial charge in [-0.25, -0.2) is 4.79 Å². The van der Waals surface area contributed by atoms with Gasteiger partial charge in [0.15, 0.2) is 0 Å². The SMILES string of the molecule is CC(C)(C)OC(=O)Nc1ccc(OC2CCN(c3ccncc3)CC2)cc1. The molecule has 27 heavy (non-hydrogen) atoms. The van der Waals surface area contributed by atoms with Crippen LogP contribution in [0.2, 0.25) is 0 Å². The largest absolute Gasteiger partial charge is 0.490 e. The van der Waals surface area contributed by atoms with Gasteiger partial charge in [-0.1, -0.05) is 0 Å². The van der Waals surface area contributed by atoms with E-state index in [1.54, 1.807) is 0 Å². The fourth-order valence-corrected chi connectivity index (χ4v) is 3.02. The second kappa shape index (κ2) is 8.29. The van der Waals surface area contributed by atoms with Gasteiger partial charge in [-0.15, -0.1) is 0 Å². The Hall–Kier alpha value is -2.76. The number of rotatable bonds is 4. The van der Waals surface area contributed by atoms with E-state index in [-0.39, 0.29) is 6.10 Å². The van der Waals surface area contributed by atoms with Crippen molar-refractivity contribution in [1.82, 2.24) is 4.98 Å².